The largest absolute Gasteiger partial charge is 0.0856 e. The molecule has 0 aromatic rings. The van der Waals surface area contributed by atoms with Gasteiger partial charge in [0, 0.05) is 0 Å². The van der Waals surface area contributed by atoms with Crippen molar-refractivity contribution in [2.45, 2.75) is 66.7 Å². The molecule has 0 saturated carbocycles. The van der Waals surface area contributed by atoms with Crippen LogP contribution < -0.4 is 0 Å². The van der Waals surface area contributed by atoms with Crippen molar-refractivity contribution in [3.8, 4) is 0 Å². The lowest BCUT2D eigenvalue weighted by atomic mass is 10.1. The predicted molar refractivity (Wildman–Crippen MR) is 75.7 cm³/mol. The lowest BCUT2D eigenvalue weighted by Crippen LogP contribution is -1.80. The van der Waals surface area contributed by atoms with Gasteiger partial charge in [-0.25, -0.2) is 0 Å². The predicted octanol–water partition coefficient (Wildman–Crippen LogP) is 5.82. The van der Waals surface area contributed by atoms with E-state index in [1.54, 1.807) is 0 Å². The van der Waals surface area contributed by atoms with Gasteiger partial charge in [0.05, 0.1) is 0 Å². The van der Waals surface area contributed by atoms with E-state index in [2.05, 4.69) is 52.8 Å². The molecule has 0 unspecified atom stereocenters. The zero-order valence-electron chi connectivity index (χ0n) is 11.8. The van der Waals surface area contributed by atoms with Crippen molar-refractivity contribution in [3.05, 3.63) is 34.9 Å². The lowest BCUT2D eigenvalue weighted by Gasteiger charge is -2.00. The smallest absolute Gasteiger partial charge is 0.0139 e. The third-order valence-electron chi connectivity index (χ3n) is 2.65. The summed E-state index contributed by atoms with van der Waals surface area (Å²) < 4.78 is 0. The Hall–Kier alpha value is -0.780. The van der Waals surface area contributed by atoms with E-state index in [1.165, 1.54) is 42.4 Å². The Bertz CT molecular complexity index is 260. The van der Waals surface area contributed by atoms with Crippen molar-refractivity contribution in [1.82, 2.24) is 0 Å². The fraction of sp³-hybridized carbons (Fsp3) is 0.625. The Balaban J connectivity index is 3.90. The first-order chi connectivity index (χ1) is 7.56. The first-order valence-corrected chi connectivity index (χ1v) is 6.50. The third-order valence-corrected chi connectivity index (χ3v) is 2.65. The minimum Gasteiger partial charge on any atom is -0.0856 e. The van der Waals surface area contributed by atoms with Crippen LogP contribution in [0.5, 0.6) is 0 Å². The molecule has 0 bridgehead atoms. The summed E-state index contributed by atoms with van der Waals surface area (Å²) in [6.45, 7) is 11.0. The molecule has 0 saturated heterocycles. The molecule has 0 atom stereocenters. The van der Waals surface area contributed by atoms with Gasteiger partial charge in [-0.1, -0.05) is 48.3 Å². The standard InChI is InChI=1S/C16H28/c1-6-7-10-15(4)12-13-16(5)11-8-9-14(2)3/h9-10,13H,6-8,11-12H2,1-5H3/b15-10+,16-13+. The molecule has 0 aromatic heterocycles. The van der Waals surface area contributed by atoms with Crippen molar-refractivity contribution in [1.29, 1.82) is 0 Å². The summed E-state index contributed by atoms with van der Waals surface area (Å²) in [6, 6.07) is 0. The molecular formula is C16H28. The maximum absolute atomic E-state index is 2.38. The Morgan fingerprint density at radius 1 is 0.812 bits per heavy atom. The van der Waals surface area contributed by atoms with Gasteiger partial charge in [-0.05, 0) is 53.4 Å². The molecule has 0 nitrogen and oxygen atoms in total. The topological polar surface area (TPSA) is 0 Å². The van der Waals surface area contributed by atoms with E-state index in [9.17, 15) is 0 Å². The van der Waals surface area contributed by atoms with Crippen molar-refractivity contribution in [2.24, 2.45) is 0 Å². The molecule has 0 fully saturated rings. The summed E-state index contributed by atoms with van der Waals surface area (Å²) in [4.78, 5) is 0. The third kappa shape index (κ3) is 9.76. The van der Waals surface area contributed by atoms with E-state index in [1.807, 2.05) is 0 Å². The summed E-state index contributed by atoms with van der Waals surface area (Å²) in [5, 5.41) is 0. The molecule has 92 valence electrons. The molecule has 0 heteroatoms. The van der Waals surface area contributed by atoms with Gasteiger partial charge >= 0.3 is 0 Å². The maximum atomic E-state index is 2.38. The van der Waals surface area contributed by atoms with Crippen LogP contribution >= 0.6 is 0 Å². The van der Waals surface area contributed by atoms with Gasteiger partial charge in [0.1, 0.15) is 0 Å². The van der Waals surface area contributed by atoms with E-state index >= 15 is 0 Å². The van der Waals surface area contributed by atoms with Gasteiger partial charge < -0.3 is 0 Å². The average Bonchev–Trinajstić information content (AvgIpc) is 2.23. The summed E-state index contributed by atoms with van der Waals surface area (Å²) >= 11 is 0. The van der Waals surface area contributed by atoms with Crippen molar-refractivity contribution < 1.29 is 0 Å². The molecule has 0 aliphatic rings. The van der Waals surface area contributed by atoms with Crippen molar-refractivity contribution >= 4 is 0 Å². The van der Waals surface area contributed by atoms with Gasteiger partial charge in [-0.2, -0.15) is 0 Å². The molecule has 0 aromatic carbocycles. The first-order valence-electron chi connectivity index (χ1n) is 6.50. The Labute approximate surface area is 102 Å². The van der Waals surface area contributed by atoms with Crippen LogP contribution in [0.15, 0.2) is 34.9 Å². The van der Waals surface area contributed by atoms with E-state index in [4.69, 9.17) is 0 Å². The summed E-state index contributed by atoms with van der Waals surface area (Å²) in [5.41, 5.74) is 4.44. The highest BCUT2D eigenvalue weighted by molar-refractivity contribution is 5.09. The second-order valence-electron chi connectivity index (χ2n) is 4.91. The van der Waals surface area contributed by atoms with Crippen LogP contribution in [0, 0.1) is 0 Å². The molecule has 0 heterocycles. The van der Waals surface area contributed by atoms with Crippen LogP contribution in [0.4, 0.5) is 0 Å². The number of hydrogen-bond donors (Lipinski definition) is 0. The molecule has 0 aliphatic carbocycles. The zero-order valence-corrected chi connectivity index (χ0v) is 11.8. The van der Waals surface area contributed by atoms with E-state index < -0.39 is 0 Å². The molecule has 16 heavy (non-hydrogen) atoms. The zero-order chi connectivity index (χ0) is 12.4. The molecule has 0 spiro atoms. The second-order valence-corrected chi connectivity index (χ2v) is 4.91. The summed E-state index contributed by atoms with van der Waals surface area (Å²) in [6.07, 6.45) is 13.0. The van der Waals surface area contributed by atoms with Crippen LogP contribution in [0.3, 0.4) is 0 Å². The molecule has 0 aliphatic heterocycles. The molecule has 0 amide bonds. The Morgan fingerprint density at radius 3 is 2.06 bits per heavy atom. The number of hydrogen-bond acceptors (Lipinski definition) is 0. The quantitative estimate of drug-likeness (QED) is 0.474. The van der Waals surface area contributed by atoms with E-state index in [0.29, 0.717) is 0 Å². The molecule has 0 rings (SSSR count). The molecule has 0 radical (unpaired) electrons. The van der Waals surface area contributed by atoms with Crippen molar-refractivity contribution in [2.75, 3.05) is 0 Å². The van der Waals surface area contributed by atoms with Gasteiger partial charge in [-0.15, -0.1) is 0 Å². The summed E-state index contributed by atoms with van der Waals surface area (Å²) in [7, 11) is 0. The SMILES string of the molecule is CCC/C=C(\C)C/C=C(\C)CCC=C(C)C. The fourth-order valence-corrected chi connectivity index (χ4v) is 1.50. The van der Waals surface area contributed by atoms with Crippen LogP contribution in [0.25, 0.3) is 0 Å². The normalized spacial score (nSPS) is 12.8. The molecular weight excluding hydrogens is 192 g/mol. The van der Waals surface area contributed by atoms with Crippen molar-refractivity contribution in [3.63, 3.8) is 0 Å². The van der Waals surface area contributed by atoms with Gasteiger partial charge in [-0.3, -0.25) is 0 Å². The van der Waals surface area contributed by atoms with Gasteiger partial charge in [0.25, 0.3) is 0 Å². The molecule has 0 N–H and O–H groups in total. The van der Waals surface area contributed by atoms with Crippen LogP contribution in [-0.2, 0) is 0 Å². The first kappa shape index (κ1) is 15.2. The Kier molecular flexibility index (Phi) is 8.99. The van der Waals surface area contributed by atoms with Gasteiger partial charge in [0.2, 0.25) is 0 Å². The van der Waals surface area contributed by atoms with Gasteiger partial charge in [0.15, 0.2) is 0 Å². The average molecular weight is 220 g/mol. The second kappa shape index (κ2) is 9.45. The highest BCUT2D eigenvalue weighted by atomic mass is 14.0. The highest BCUT2D eigenvalue weighted by Gasteiger charge is 1.90. The number of allylic oxidation sites excluding steroid dienone is 6. The van der Waals surface area contributed by atoms with Crippen LogP contribution in [0.1, 0.15) is 66.7 Å². The Morgan fingerprint density at radius 2 is 1.50 bits per heavy atom. The van der Waals surface area contributed by atoms with E-state index in [0.717, 1.165) is 6.42 Å². The van der Waals surface area contributed by atoms with Crippen LogP contribution in [-0.4, -0.2) is 0 Å². The number of unbranched alkanes of at least 4 members (excludes halogenated alkanes) is 1. The summed E-state index contributed by atoms with van der Waals surface area (Å²) in [5.74, 6) is 0. The highest BCUT2D eigenvalue weighted by Crippen LogP contribution is 2.11. The minimum absolute atomic E-state index is 1.13. The fourth-order valence-electron chi connectivity index (χ4n) is 1.50. The lowest BCUT2D eigenvalue weighted by molar-refractivity contribution is 0.932. The maximum Gasteiger partial charge on any atom is -0.0139 e. The van der Waals surface area contributed by atoms with Crippen LogP contribution in [0.2, 0.25) is 0 Å². The monoisotopic (exact) mass is 220 g/mol. The number of rotatable bonds is 7. The minimum atomic E-state index is 1.13. The van der Waals surface area contributed by atoms with E-state index in [-0.39, 0.29) is 0 Å².